The van der Waals surface area contributed by atoms with Gasteiger partial charge in [-0.25, -0.2) is 0 Å². The van der Waals surface area contributed by atoms with Gasteiger partial charge in [-0.3, -0.25) is 9.59 Å². The number of hydrogen-bond donors (Lipinski definition) is 1. The largest absolute Gasteiger partial charge is 0.330 e. The van der Waals surface area contributed by atoms with E-state index in [0.29, 0.717) is 19.4 Å². The van der Waals surface area contributed by atoms with Crippen LogP contribution in [0.3, 0.4) is 0 Å². The topological polar surface area (TPSA) is 63.4 Å². The van der Waals surface area contributed by atoms with Crippen LogP contribution in [0.1, 0.15) is 65.2 Å². The fourth-order valence-electron chi connectivity index (χ4n) is 4.60. The van der Waals surface area contributed by atoms with Crippen molar-refractivity contribution in [2.45, 2.75) is 65.2 Å². The van der Waals surface area contributed by atoms with Crippen LogP contribution in [-0.4, -0.2) is 42.6 Å². The van der Waals surface area contributed by atoms with Crippen molar-refractivity contribution in [1.82, 2.24) is 4.90 Å². The molecule has 1 saturated heterocycles. The molecule has 0 radical (unpaired) electrons. The van der Waals surface area contributed by atoms with E-state index >= 15 is 0 Å². The van der Waals surface area contributed by atoms with Gasteiger partial charge in [0.15, 0.2) is 0 Å². The molecule has 0 aromatic heterocycles. The maximum Gasteiger partial charge on any atom is 0.147 e. The highest BCUT2D eigenvalue weighted by Crippen LogP contribution is 2.49. The second kappa shape index (κ2) is 7.22. The van der Waals surface area contributed by atoms with E-state index in [2.05, 4.69) is 18.7 Å². The standard InChI is InChI=1S/C18H32N2O2/c1-3-6-18(7-4-2)15(21)12-17(13-16(18)22)8-11-20(14-17)10-5-9-19/h3-14,19H2,1-2H3. The third-order valence-electron chi connectivity index (χ3n) is 5.69. The molecule has 22 heavy (non-hydrogen) atoms. The molecule has 2 rings (SSSR count). The molecule has 4 heteroatoms. The molecule has 0 amide bonds. The van der Waals surface area contributed by atoms with Gasteiger partial charge in [0.2, 0.25) is 0 Å². The Kier molecular flexibility index (Phi) is 5.78. The molecule has 0 aromatic carbocycles. The first-order chi connectivity index (χ1) is 10.5. The maximum atomic E-state index is 12.9. The normalized spacial score (nSPS) is 24.3. The highest BCUT2D eigenvalue weighted by Gasteiger charge is 2.54. The van der Waals surface area contributed by atoms with Gasteiger partial charge in [-0.1, -0.05) is 26.7 Å². The maximum absolute atomic E-state index is 12.9. The molecule has 1 heterocycles. The van der Waals surface area contributed by atoms with E-state index in [-0.39, 0.29) is 17.0 Å². The molecule has 2 aliphatic rings. The zero-order chi connectivity index (χ0) is 16.2. The van der Waals surface area contributed by atoms with Gasteiger partial charge in [0.1, 0.15) is 11.6 Å². The molecule has 0 unspecified atom stereocenters. The van der Waals surface area contributed by atoms with E-state index in [1.54, 1.807) is 0 Å². The van der Waals surface area contributed by atoms with Gasteiger partial charge in [0.05, 0.1) is 5.41 Å². The molecular weight excluding hydrogens is 276 g/mol. The molecule has 1 aliphatic heterocycles. The molecule has 1 spiro atoms. The third kappa shape index (κ3) is 3.28. The van der Waals surface area contributed by atoms with Crippen LogP contribution in [0.5, 0.6) is 0 Å². The van der Waals surface area contributed by atoms with Crippen LogP contribution in [0, 0.1) is 10.8 Å². The summed E-state index contributed by atoms with van der Waals surface area (Å²) in [6, 6.07) is 0. The summed E-state index contributed by atoms with van der Waals surface area (Å²) in [6.45, 7) is 7.76. The van der Waals surface area contributed by atoms with Gasteiger partial charge in [0.25, 0.3) is 0 Å². The zero-order valence-electron chi connectivity index (χ0n) is 14.3. The fraction of sp³-hybridized carbons (Fsp3) is 0.889. The van der Waals surface area contributed by atoms with Crippen molar-refractivity contribution < 1.29 is 9.59 Å². The van der Waals surface area contributed by atoms with E-state index in [4.69, 9.17) is 5.73 Å². The first-order valence-corrected chi connectivity index (χ1v) is 9.01. The van der Waals surface area contributed by atoms with E-state index in [9.17, 15) is 9.59 Å². The monoisotopic (exact) mass is 308 g/mol. The van der Waals surface area contributed by atoms with Gasteiger partial charge in [-0.2, -0.15) is 0 Å². The predicted octanol–water partition coefficient (Wildman–Crippen LogP) is 2.55. The Labute approximate surface area is 134 Å². The highest BCUT2D eigenvalue weighted by atomic mass is 16.2. The fourth-order valence-corrected chi connectivity index (χ4v) is 4.60. The van der Waals surface area contributed by atoms with Gasteiger partial charge in [-0.05, 0) is 50.7 Å². The average Bonchev–Trinajstić information content (AvgIpc) is 2.85. The minimum Gasteiger partial charge on any atom is -0.330 e. The van der Waals surface area contributed by atoms with E-state index in [1.807, 2.05) is 0 Å². The SMILES string of the molecule is CCCC1(CCC)C(=O)CC2(CCN(CCCN)C2)CC1=O. The first-order valence-electron chi connectivity index (χ1n) is 9.01. The minimum atomic E-state index is -0.653. The van der Waals surface area contributed by atoms with Crippen LogP contribution in [0.2, 0.25) is 0 Å². The number of hydrogen-bond acceptors (Lipinski definition) is 4. The van der Waals surface area contributed by atoms with Crippen molar-refractivity contribution in [3.05, 3.63) is 0 Å². The number of ketones is 2. The van der Waals surface area contributed by atoms with Gasteiger partial charge in [0, 0.05) is 19.4 Å². The summed E-state index contributed by atoms with van der Waals surface area (Å²) in [5.74, 6) is 0.459. The lowest BCUT2D eigenvalue weighted by molar-refractivity contribution is -0.150. The van der Waals surface area contributed by atoms with E-state index in [0.717, 1.165) is 58.2 Å². The second-order valence-corrected chi connectivity index (χ2v) is 7.45. The van der Waals surface area contributed by atoms with Crippen LogP contribution in [-0.2, 0) is 9.59 Å². The molecular formula is C18H32N2O2. The third-order valence-corrected chi connectivity index (χ3v) is 5.69. The Balaban J connectivity index is 2.10. The van der Waals surface area contributed by atoms with E-state index < -0.39 is 5.41 Å². The van der Waals surface area contributed by atoms with E-state index in [1.165, 1.54) is 0 Å². The molecule has 1 saturated carbocycles. The quantitative estimate of drug-likeness (QED) is 0.734. The summed E-state index contributed by atoms with van der Waals surface area (Å²) in [7, 11) is 0. The van der Waals surface area contributed by atoms with Crippen molar-refractivity contribution in [2.75, 3.05) is 26.2 Å². The molecule has 0 aromatic rings. The number of carbonyl (C=O) groups is 2. The lowest BCUT2D eigenvalue weighted by atomic mass is 9.59. The number of likely N-dealkylation sites (tertiary alicyclic amines) is 1. The first kappa shape index (κ1) is 17.6. The average molecular weight is 308 g/mol. The van der Waals surface area contributed by atoms with Crippen molar-refractivity contribution in [3.63, 3.8) is 0 Å². The summed E-state index contributed by atoms with van der Waals surface area (Å²) in [4.78, 5) is 28.2. The molecule has 0 bridgehead atoms. The minimum absolute atomic E-state index is 0.0756. The Hall–Kier alpha value is -0.740. The summed E-state index contributed by atoms with van der Waals surface area (Å²) in [5, 5.41) is 0. The van der Waals surface area contributed by atoms with Crippen molar-refractivity contribution >= 4 is 11.6 Å². The molecule has 126 valence electrons. The zero-order valence-corrected chi connectivity index (χ0v) is 14.3. The summed E-state index contributed by atoms with van der Waals surface area (Å²) < 4.78 is 0. The number of nitrogens with zero attached hydrogens (tertiary/aromatic N) is 1. The highest BCUT2D eigenvalue weighted by molar-refractivity contribution is 6.09. The number of carbonyl (C=O) groups excluding carboxylic acids is 2. The smallest absolute Gasteiger partial charge is 0.147 e. The Morgan fingerprint density at radius 3 is 2.18 bits per heavy atom. The summed E-state index contributed by atoms with van der Waals surface area (Å²) in [6.07, 6.45) is 6.50. The number of rotatable bonds is 7. The van der Waals surface area contributed by atoms with Crippen LogP contribution < -0.4 is 5.73 Å². The van der Waals surface area contributed by atoms with Crippen molar-refractivity contribution in [1.29, 1.82) is 0 Å². The molecule has 2 N–H and O–H groups in total. The summed E-state index contributed by atoms with van der Waals surface area (Å²) >= 11 is 0. The van der Waals surface area contributed by atoms with Crippen LogP contribution in [0.15, 0.2) is 0 Å². The number of nitrogens with two attached hydrogens (primary N) is 1. The molecule has 4 nitrogen and oxygen atoms in total. The Bertz CT molecular complexity index is 393. The van der Waals surface area contributed by atoms with Crippen LogP contribution in [0.4, 0.5) is 0 Å². The van der Waals surface area contributed by atoms with Crippen LogP contribution >= 0.6 is 0 Å². The van der Waals surface area contributed by atoms with Crippen LogP contribution in [0.25, 0.3) is 0 Å². The molecule has 2 fully saturated rings. The number of Topliss-reactive ketones (excluding diaryl/α,β-unsaturated/α-hetero) is 2. The Morgan fingerprint density at radius 2 is 1.68 bits per heavy atom. The Morgan fingerprint density at radius 1 is 1.09 bits per heavy atom. The van der Waals surface area contributed by atoms with Gasteiger partial charge >= 0.3 is 0 Å². The molecule has 0 atom stereocenters. The van der Waals surface area contributed by atoms with Gasteiger partial charge < -0.3 is 10.6 Å². The van der Waals surface area contributed by atoms with Crippen molar-refractivity contribution in [3.8, 4) is 0 Å². The van der Waals surface area contributed by atoms with Crippen molar-refractivity contribution in [2.24, 2.45) is 16.6 Å². The summed E-state index contributed by atoms with van der Waals surface area (Å²) in [5.41, 5.74) is 4.86. The second-order valence-electron chi connectivity index (χ2n) is 7.45. The predicted molar refractivity (Wildman–Crippen MR) is 88.7 cm³/mol. The molecule has 1 aliphatic carbocycles. The lowest BCUT2D eigenvalue weighted by Crippen LogP contribution is -2.50. The lowest BCUT2D eigenvalue weighted by Gasteiger charge is -2.42. The van der Waals surface area contributed by atoms with Gasteiger partial charge in [-0.15, -0.1) is 0 Å².